The molecule has 1 amide bonds. The van der Waals surface area contributed by atoms with Crippen molar-refractivity contribution in [2.45, 2.75) is 71.8 Å². The number of Topliss-reactive ketones (excluding diaryl/α,β-unsaturated/α-hetero) is 1. The van der Waals surface area contributed by atoms with E-state index >= 15 is 0 Å². The van der Waals surface area contributed by atoms with E-state index in [1.807, 2.05) is 6.92 Å². The van der Waals surface area contributed by atoms with Crippen molar-refractivity contribution in [2.75, 3.05) is 6.61 Å². The second kappa shape index (κ2) is 12.5. The van der Waals surface area contributed by atoms with Crippen LogP contribution in [0.1, 0.15) is 54.4 Å². The third kappa shape index (κ3) is 9.55. The van der Waals surface area contributed by atoms with Crippen molar-refractivity contribution in [1.29, 1.82) is 0 Å². The van der Waals surface area contributed by atoms with E-state index in [4.69, 9.17) is 9.47 Å². The van der Waals surface area contributed by atoms with Crippen LogP contribution in [0, 0.1) is 5.92 Å². The number of amides is 1. The number of hydrogen-bond donors (Lipinski definition) is 1. The molecule has 0 saturated heterocycles. The number of carbonyl (C=O) groups is 5. The molecule has 0 saturated carbocycles. The molecule has 9 heteroatoms. The Morgan fingerprint density at radius 3 is 2.07 bits per heavy atom. The van der Waals surface area contributed by atoms with E-state index in [0.29, 0.717) is 18.2 Å². The summed E-state index contributed by atoms with van der Waals surface area (Å²) in [7, 11) is 0. The molecular weight excluding hydrogens is 374 g/mol. The normalized spacial score (nSPS) is 14.0. The molecular formula is C18H29NO7S. The van der Waals surface area contributed by atoms with Crippen LogP contribution in [-0.4, -0.2) is 52.7 Å². The minimum Gasteiger partial charge on any atom is -0.464 e. The van der Waals surface area contributed by atoms with Crippen LogP contribution in [0.25, 0.3) is 0 Å². The second-order valence-electron chi connectivity index (χ2n) is 6.30. The third-order valence-electron chi connectivity index (χ3n) is 3.56. The van der Waals surface area contributed by atoms with Crippen molar-refractivity contribution in [3.8, 4) is 0 Å². The summed E-state index contributed by atoms with van der Waals surface area (Å²) in [6.07, 6.45) is -0.478. The average molecular weight is 403 g/mol. The molecule has 0 heterocycles. The van der Waals surface area contributed by atoms with Crippen molar-refractivity contribution in [1.82, 2.24) is 5.32 Å². The van der Waals surface area contributed by atoms with Crippen molar-refractivity contribution in [3.63, 3.8) is 0 Å². The number of ether oxygens (including phenoxy) is 2. The first-order chi connectivity index (χ1) is 12.5. The van der Waals surface area contributed by atoms with Gasteiger partial charge in [-0.3, -0.25) is 19.2 Å². The molecule has 0 aliphatic rings. The Balaban J connectivity index is 5.00. The molecule has 0 radical (unpaired) electrons. The van der Waals surface area contributed by atoms with E-state index in [1.54, 1.807) is 27.7 Å². The minimum absolute atomic E-state index is 0.111. The largest absolute Gasteiger partial charge is 0.464 e. The van der Waals surface area contributed by atoms with Crippen LogP contribution in [0.3, 0.4) is 0 Å². The Morgan fingerprint density at radius 1 is 1.00 bits per heavy atom. The molecule has 27 heavy (non-hydrogen) atoms. The van der Waals surface area contributed by atoms with Gasteiger partial charge in [0.25, 0.3) is 5.12 Å². The van der Waals surface area contributed by atoms with E-state index in [0.717, 1.165) is 0 Å². The van der Waals surface area contributed by atoms with Gasteiger partial charge in [0, 0.05) is 11.2 Å². The number of thioether (sulfide) groups is 1. The second-order valence-corrected chi connectivity index (χ2v) is 7.65. The fraction of sp³-hybridized carbons (Fsp3) is 0.722. The molecule has 0 spiro atoms. The molecule has 0 rings (SSSR count). The zero-order chi connectivity index (χ0) is 21.1. The van der Waals surface area contributed by atoms with Gasteiger partial charge in [0.05, 0.1) is 12.7 Å². The molecule has 0 bridgehead atoms. The van der Waals surface area contributed by atoms with Crippen LogP contribution in [0.4, 0.5) is 0 Å². The molecule has 3 atom stereocenters. The first-order valence-corrected chi connectivity index (χ1v) is 9.81. The molecule has 154 valence electrons. The highest BCUT2D eigenvalue weighted by Gasteiger charge is 2.33. The fourth-order valence-electron chi connectivity index (χ4n) is 1.89. The summed E-state index contributed by atoms with van der Waals surface area (Å²) in [6.45, 7) is 10.1. The molecule has 0 aromatic rings. The Labute approximate surface area is 164 Å². The fourth-order valence-corrected chi connectivity index (χ4v) is 2.75. The topological polar surface area (TPSA) is 116 Å². The maximum Gasteiger partial charge on any atom is 0.329 e. The van der Waals surface area contributed by atoms with E-state index in [2.05, 4.69) is 5.32 Å². The smallest absolute Gasteiger partial charge is 0.329 e. The zero-order valence-electron chi connectivity index (χ0n) is 16.7. The van der Waals surface area contributed by atoms with Gasteiger partial charge in [0.2, 0.25) is 11.7 Å². The van der Waals surface area contributed by atoms with Crippen LogP contribution in [0.15, 0.2) is 0 Å². The Morgan fingerprint density at radius 2 is 1.59 bits per heavy atom. The van der Waals surface area contributed by atoms with Gasteiger partial charge in [0.15, 0.2) is 0 Å². The van der Waals surface area contributed by atoms with Gasteiger partial charge < -0.3 is 14.8 Å². The lowest BCUT2D eigenvalue weighted by atomic mass is 10.1. The van der Waals surface area contributed by atoms with Gasteiger partial charge in [-0.25, -0.2) is 4.79 Å². The highest BCUT2D eigenvalue weighted by molar-refractivity contribution is 8.16. The van der Waals surface area contributed by atoms with Gasteiger partial charge in [-0.05, 0) is 27.2 Å². The van der Waals surface area contributed by atoms with Gasteiger partial charge in [-0.2, -0.15) is 0 Å². The van der Waals surface area contributed by atoms with Gasteiger partial charge in [-0.1, -0.05) is 32.5 Å². The predicted molar refractivity (Wildman–Crippen MR) is 101 cm³/mol. The van der Waals surface area contributed by atoms with E-state index in [1.165, 1.54) is 6.92 Å². The van der Waals surface area contributed by atoms with Gasteiger partial charge >= 0.3 is 11.9 Å². The minimum atomic E-state index is -1.09. The highest BCUT2D eigenvalue weighted by atomic mass is 32.2. The van der Waals surface area contributed by atoms with E-state index in [9.17, 15) is 24.0 Å². The maximum atomic E-state index is 12.2. The average Bonchev–Trinajstić information content (AvgIpc) is 2.57. The highest BCUT2D eigenvalue weighted by Crippen LogP contribution is 2.19. The summed E-state index contributed by atoms with van der Waals surface area (Å²) in [5.41, 5.74) is 0. The zero-order valence-corrected chi connectivity index (χ0v) is 17.5. The summed E-state index contributed by atoms with van der Waals surface area (Å²) in [5.74, 6) is -3.06. The van der Waals surface area contributed by atoms with Gasteiger partial charge in [0.1, 0.15) is 12.5 Å². The van der Waals surface area contributed by atoms with Crippen molar-refractivity contribution in [2.24, 2.45) is 5.92 Å². The lowest BCUT2D eigenvalue weighted by molar-refractivity contribution is -0.150. The van der Waals surface area contributed by atoms with E-state index in [-0.39, 0.29) is 18.4 Å². The Kier molecular flexibility index (Phi) is 11.6. The van der Waals surface area contributed by atoms with Crippen LogP contribution in [0.5, 0.6) is 0 Å². The summed E-state index contributed by atoms with van der Waals surface area (Å²) >= 11 is 0.580. The lowest BCUT2D eigenvalue weighted by Crippen LogP contribution is -2.49. The number of carbonyl (C=O) groups excluding carboxylic acids is 5. The number of esters is 2. The summed E-state index contributed by atoms with van der Waals surface area (Å²) in [5, 5.41) is 0.939. The quantitative estimate of drug-likeness (QED) is 0.314. The molecule has 0 aromatic heterocycles. The Bertz CT molecular complexity index is 562. The first-order valence-electron chi connectivity index (χ1n) is 8.93. The monoisotopic (exact) mass is 403 g/mol. The standard InChI is InChI=1S/C18H29NO7S/c1-7-11(5)16(22)19-15(17(23)25-8-2)12(6)27-18(24)13(20)9-14(21)26-10(3)4/h10-12,15H,7-9H2,1-6H3,(H,19,22). The number of ketones is 1. The SMILES string of the molecule is CCOC(=O)C(NC(=O)C(C)CC)C(C)SC(=O)C(=O)CC(=O)OC(C)C. The van der Waals surface area contributed by atoms with Crippen LogP contribution < -0.4 is 5.32 Å². The third-order valence-corrected chi connectivity index (χ3v) is 4.65. The Hall–Kier alpha value is -1.90. The lowest BCUT2D eigenvalue weighted by Gasteiger charge is -2.23. The molecule has 0 aliphatic carbocycles. The molecule has 3 unspecified atom stereocenters. The predicted octanol–water partition coefficient (Wildman–Crippen LogP) is 1.64. The number of hydrogen-bond acceptors (Lipinski definition) is 8. The summed E-state index contributed by atoms with van der Waals surface area (Å²) in [4.78, 5) is 59.8. The van der Waals surface area contributed by atoms with Crippen molar-refractivity contribution in [3.05, 3.63) is 0 Å². The first kappa shape index (κ1) is 25.1. The molecule has 1 N–H and O–H groups in total. The van der Waals surface area contributed by atoms with Crippen LogP contribution >= 0.6 is 11.8 Å². The summed E-state index contributed by atoms with van der Waals surface area (Å²) in [6, 6.07) is -1.09. The maximum absolute atomic E-state index is 12.2. The molecule has 0 aromatic carbocycles. The van der Waals surface area contributed by atoms with Gasteiger partial charge in [-0.15, -0.1) is 0 Å². The number of rotatable bonds is 11. The van der Waals surface area contributed by atoms with E-state index < -0.39 is 46.7 Å². The van der Waals surface area contributed by atoms with Crippen molar-refractivity contribution < 1.29 is 33.4 Å². The van der Waals surface area contributed by atoms with Crippen LogP contribution in [0.2, 0.25) is 0 Å². The molecule has 8 nitrogen and oxygen atoms in total. The van der Waals surface area contributed by atoms with Crippen molar-refractivity contribution >= 4 is 40.5 Å². The molecule has 0 aliphatic heterocycles. The summed E-state index contributed by atoms with van der Waals surface area (Å²) < 4.78 is 9.79. The molecule has 0 fully saturated rings. The number of nitrogens with one attached hydrogen (secondary N) is 1. The van der Waals surface area contributed by atoms with Crippen LogP contribution in [-0.2, 0) is 33.4 Å².